The number of aromatic nitrogens is 3. The number of hydrogen-bond donors (Lipinski definition) is 1. The minimum absolute atomic E-state index is 0.142. The first-order valence-corrected chi connectivity index (χ1v) is 12.0. The van der Waals surface area contributed by atoms with Crippen LogP contribution in [0.25, 0.3) is 16.7 Å². The second kappa shape index (κ2) is 9.86. The number of aryl methyl sites for hydroxylation is 3. The Kier molecular flexibility index (Phi) is 6.87. The molecule has 182 valence electrons. The molecule has 2 aromatic carbocycles. The third-order valence-corrected chi connectivity index (χ3v) is 6.45. The van der Waals surface area contributed by atoms with Gasteiger partial charge in [0.15, 0.2) is 0 Å². The van der Waals surface area contributed by atoms with Gasteiger partial charge in [0.25, 0.3) is 5.56 Å². The smallest absolute Gasteiger partial charge is 0.255 e. The second-order valence-electron chi connectivity index (χ2n) is 9.15. The predicted molar refractivity (Wildman–Crippen MR) is 138 cm³/mol. The normalized spacial score (nSPS) is 11.4. The topological polar surface area (TPSA) is 68.9 Å². The van der Waals surface area contributed by atoms with Gasteiger partial charge in [0.1, 0.15) is 11.5 Å². The number of anilines is 1. The van der Waals surface area contributed by atoms with Crippen molar-refractivity contribution in [2.75, 3.05) is 5.32 Å². The van der Waals surface area contributed by atoms with Crippen LogP contribution in [0.3, 0.4) is 0 Å². The van der Waals surface area contributed by atoms with E-state index < -0.39 is 0 Å². The molecule has 4 rings (SSSR count). The molecular weight excluding hydrogens is 443 g/mol. The molecule has 0 radical (unpaired) electrons. The van der Waals surface area contributed by atoms with Crippen molar-refractivity contribution in [3.8, 4) is 5.69 Å². The van der Waals surface area contributed by atoms with E-state index in [1.807, 2.05) is 45.0 Å². The molecule has 2 heterocycles. The molecule has 0 spiro atoms. The average molecular weight is 475 g/mol. The van der Waals surface area contributed by atoms with Crippen molar-refractivity contribution in [3.05, 3.63) is 87.1 Å². The van der Waals surface area contributed by atoms with Crippen LogP contribution in [0.15, 0.2) is 53.3 Å². The van der Waals surface area contributed by atoms with E-state index >= 15 is 0 Å². The number of nitrogens with zero attached hydrogens (tertiary/aromatic N) is 3. The molecule has 6 nitrogen and oxygen atoms in total. The summed E-state index contributed by atoms with van der Waals surface area (Å²) >= 11 is 0. The van der Waals surface area contributed by atoms with Gasteiger partial charge in [0.05, 0.1) is 11.4 Å². The van der Waals surface area contributed by atoms with Gasteiger partial charge in [-0.25, -0.2) is 9.07 Å². The van der Waals surface area contributed by atoms with Gasteiger partial charge in [0, 0.05) is 29.6 Å². The summed E-state index contributed by atoms with van der Waals surface area (Å²) in [4.78, 5) is 26.1. The first-order valence-electron chi connectivity index (χ1n) is 12.0. The zero-order valence-corrected chi connectivity index (χ0v) is 20.9. The SMILES string of the molecule is CCn1c(=O)c(CCC(=O)Nc2ccc(C(C)C)cc2)c(C)c2c(C)nn(-c3cccc(F)c3)c21. The highest BCUT2D eigenvalue weighted by Crippen LogP contribution is 2.27. The lowest BCUT2D eigenvalue weighted by Crippen LogP contribution is -2.27. The number of carbonyl (C=O) groups excluding carboxylic acids is 1. The van der Waals surface area contributed by atoms with Crippen molar-refractivity contribution in [2.45, 2.75) is 59.9 Å². The van der Waals surface area contributed by atoms with E-state index in [9.17, 15) is 14.0 Å². The zero-order chi connectivity index (χ0) is 25.3. The highest BCUT2D eigenvalue weighted by Gasteiger charge is 2.21. The number of carbonyl (C=O) groups is 1. The van der Waals surface area contributed by atoms with Crippen molar-refractivity contribution >= 4 is 22.6 Å². The Morgan fingerprint density at radius 3 is 2.46 bits per heavy atom. The van der Waals surface area contributed by atoms with E-state index in [0.717, 1.165) is 22.3 Å². The molecule has 0 aliphatic heterocycles. The monoisotopic (exact) mass is 474 g/mol. The molecule has 0 atom stereocenters. The number of nitrogens with one attached hydrogen (secondary N) is 1. The van der Waals surface area contributed by atoms with Gasteiger partial charge in [0.2, 0.25) is 5.91 Å². The van der Waals surface area contributed by atoms with Gasteiger partial charge in [-0.15, -0.1) is 0 Å². The van der Waals surface area contributed by atoms with E-state index in [1.54, 1.807) is 21.4 Å². The summed E-state index contributed by atoms with van der Waals surface area (Å²) in [6.45, 7) is 10.3. The lowest BCUT2D eigenvalue weighted by atomic mass is 10.0. The van der Waals surface area contributed by atoms with Crippen molar-refractivity contribution in [2.24, 2.45) is 0 Å². The molecule has 0 fully saturated rings. The minimum atomic E-state index is -0.368. The number of rotatable bonds is 7. The number of halogens is 1. The summed E-state index contributed by atoms with van der Waals surface area (Å²) in [5.74, 6) is -0.0871. The summed E-state index contributed by atoms with van der Waals surface area (Å²) in [6.07, 6.45) is 0.509. The molecule has 2 aromatic heterocycles. The lowest BCUT2D eigenvalue weighted by Gasteiger charge is -2.14. The first-order chi connectivity index (χ1) is 16.7. The van der Waals surface area contributed by atoms with Crippen LogP contribution < -0.4 is 10.9 Å². The Hall–Kier alpha value is -3.74. The Bertz CT molecular complexity index is 1450. The predicted octanol–water partition coefficient (Wildman–Crippen LogP) is 5.66. The van der Waals surface area contributed by atoms with Crippen LogP contribution >= 0.6 is 0 Å². The van der Waals surface area contributed by atoms with Crippen LogP contribution in [0.2, 0.25) is 0 Å². The maximum Gasteiger partial charge on any atom is 0.255 e. The fraction of sp³-hybridized carbons (Fsp3) is 0.321. The molecule has 0 unspecified atom stereocenters. The van der Waals surface area contributed by atoms with Gasteiger partial charge >= 0.3 is 0 Å². The second-order valence-corrected chi connectivity index (χ2v) is 9.15. The van der Waals surface area contributed by atoms with E-state index in [4.69, 9.17) is 0 Å². The summed E-state index contributed by atoms with van der Waals surface area (Å²) < 4.78 is 17.2. The van der Waals surface area contributed by atoms with E-state index in [0.29, 0.717) is 35.8 Å². The summed E-state index contributed by atoms with van der Waals surface area (Å²) in [5, 5.41) is 8.42. The highest BCUT2D eigenvalue weighted by atomic mass is 19.1. The van der Waals surface area contributed by atoms with Crippen molar-refractivity contribution in [1.29, 1.82) is 0 Å². The van der Waals surface area contributed by atoms with Gasteiger partial charge in [-0.05, 0) is 74.6 Å². The maximum absolute atomic E-state index is 13.9. The summed E-state index contributed by atoms with van der Waals surface area (Å²) in [7, 11) is 0. The molecule has 1 N–H and O–H groups in total. The Balaban J connectivity index is 1.65. The molecule has 7 heteroatoms. The molecule has 0 aliphatic carbocycles. The van der Waals surface area contributed by atoms with Crippen molar-refractivity contribution in [3.63, 3.8) is 0 Å². The van der Waals surface area contributed by atoms with E-state index in [2.05, 4.69) is 24.3 Å². The fourth-order valence-corrected chi connectivity index (χ4v) is 4.56. The van der Waals surface area contributed by atoms with Gasteiger partial charge in [-0.3, -0.25) is 14.2 Å². The Morgan fingerprint density at radius 1 is 1.11 bits per heavy atom. The van der Waals surface area contributed by atoms with Gasteiger partial charge < -0.3 is 5.32 Å². The van der Waals surface area contributed by atoms with Gasteiger partial charge in [-0.1, -0.05) is 32.0 Å². The van der Waals surface area contributed by atoms with Crippen molar-refractivity contribution < 1.29 is 9.18 Å². The molecule has 0 saturated carbocycles. The van der Waals surface area contributed by atoms with Crippen LogP contribution in [-0.2, 0) is 17.8 Å². The lowest BCUT2D eigenvalue weighted by molar-refractivity contribution is -0.116. The number of pyridine rings is 1. The molecular formula is C28H31FN4O2. The van der Waals surface area contributed by atoms with Crippen LogP contribution in [-0.4, -0.2) is 20.3 Å². The van der Waals surface area contributed by atoms with Crippen LogP contribution in [0, 0.1) is 19.7 Å². The quantitative estimate of drug-likeness (QED) is 0.376. The summed E-state index contributed by atoms with van der Waals surface area (Å²) in [6, 6.07) is 14.0. The first kappa shape index (κ1) is 24.4. The van der Waals surface area contributed by atoms with E-state index in [1.165, 1.54) is 17.7 Å². The Labute approximate surface area is 204 Å². The molecule has 4 aromatic rings. The van der Waals surface area contributed by atoms with E-state index in [-0.39, 0.29) is 23.7 Å². The largest absolute Gasteiger partial charge is 0.326 e. The third-order valence-electron chi connectivity index (χ3n) is 6.45. The molecule has 35 heavy (non-hydrogen) atoms. The minimum Gasteiger partial charge on any atom is -0.326 e. The van der Waals surface area contributed by atoms with Crippen LogP contribution in [0.4, 0.5) is 10.1 Å². The van der Waals surface area contributed by atoms with Crippen LogP contribution in [0.5, 0.6) is 0 Å². The molecule has 0 saturated heterocycles. The number of amides is 1. The zero-order valence-electron chi connectivity index (χ0n) is 20.9. The van der Waals surface area contributed by atoms with Gasteiger partial charge in [-0.2, -0.15) is 5.10 Å². The maximum atomic E-state index is 13.9. The van der Waals surface area contributed by atoms with Crippen molar-refractivity contribution in [1.82, 2.24) is 14.3 Å². The summed E-state index contributed by atoms with van der Waals surface area (Å²) in [5.41, 5.74) is 5.15. The molecule has 0 aliphatic rings. The third kappa shape index (κ3) is 4.76. The molecule has 1 amide bonds. The fourth-order valence-electron chi connectivity index (χ4n) is 4.56. The highest BCUT2D eigenvalue weighted by molar-refractivity contribution is 5.91. The number of benzene rings is 2. The standard InChI is InChI=1S/C28H31FN4O2/c1-6-32-27-26(19(5)31-33(27)23-9-7-8-21(29)16-23)18(4)24(28(32)35)14-15-25(34)30-22-12-10-20(11-13-22)17(2)3/h7-13,16-17H,6,14-15H2,1-5H3,(H,30,34). The Morgan fingerprint density at radius 2 is 1.83 bits per heavy atom. The molecule has 0 bridgehead atoms. The average Bonchev–Trinajstić information content (AvgIpc) is 3.16. The van der Waals surface area contributed by atoms with Crippen LogP contribution in [0.1, 0.15) is 55.5 Å². The number of hydrogen-bond acceptors (Lipinski definition) is 3. The number of fused-ring (bicyclic) bond motifs is 1.